The average Bonchev–Trinajstić information content (AvgIpc) is 2.67. The maximum Gasteiger partial charge on any atom is 0.243 e. The molecule has 2 aromatic carbocycles. The van der Waals surface area contributed by atoms with Gasteiger partial charge >= 0.3 is 0 Å². The molecule has 2 aromatic rings. The fourth-order valence-electron chi connectivity index (χ4n) is 3.11. The maximum atomic E-state index is 13.2. The van der Waals surface area contributed by atoms with Crippen LogP contribution in [0.3, 0.4) is 0 Å². The van der Waals surface area contributed by atoms with Crippen LogP contribution < -0.4 is 11.1 Å². The van der Waals surface area contributed by atoms with Crippen LogP contribution in [0.4, 0.5) is 5.69 Å². The van der Waals surface area contributed by atoms with E-state index in [1.165, 1.54) is 23.4 Å². The van der Waals surface area contributed by atoms with Crippen molar-refractivity contribution in [1.82, 2.24) is 4.31 Å². The van der Waals surface area contributed by atoms with Gasteiger partial charge in [-0.2, -0.15) is 4.31 Å². The van der Waals surface area contributed by atoms with Gasteiger partial charge < -0.3 is 16.2 Å². The SMILES string of the molecule is CC(=O)Nc1ccc(S(=O)(=O)N(CC(C)C)C[C@@H](O)[C@@H](N)Cc2ccccc2)cc1. The van der Waals surface area contributed by atoms with Crippen molar-refractivity contribution in [1.29, 1.82) is 0 Å². The number of amides is 1. The number of nitrogens with two attached hydrogens (primary N) is 1. The molecule has 8 heteroatoms. The lowest BCUT2D eigenvalue weighted by molar-refractivity contribution is -0.114. The van der Waals surface area contributed by atoms with E-state index >= 15 is 0 Å². The maximum absolute atomic E-state index is 13.2. The monoisotopic (exact) mass is 433 g/mol. The predicted molar refractivity (Wildman–Crippen MR) is 118 cm³/mol. The predicted octanol–water partition coefficient (Wildman–Crippen LogP) is 2.22. The molecule has 0 aliphatic rings. The van der Waals surface area contributed by atoms with Crippen molar-refractivity contribution < 1.29 is 18.3 Å². The number of nitrogens with zero attached hydrogens (tertiary/aromatic N) is 1. The van der Waals surface area contributed by atoms with E-state index in [0.29, 0.717) is 12.1 Å². The third-order valence-corrected chi connectivity index (χ3v) is 6.43. The Bertz CT molecular complexity index is 915. The molecule has 0 fully saturated rings. The number of hydrogen-bond donors (Lipinski definition) is 3. The van der Waals surface area contributed by atoms with Gasteiger partial charge in [0.25, 0.3) is 0 Å². The number of hydrogen-bond acceptors (Lipinski definition) is 5. The van der Waals surface area contributed by atoms with E-state index in [4.69, 9.17) is 5.73 Å². The quantitative estimate of drug-likeness (QED) is 0.532. The van der Waals surface area contributed by atoms with Gasteiger partial charge in [0.05, 0.1) is 11.0 Å². The van der Waals surface area contributed by atoms with Gasteiger partial charge in [-0.25, -0.2) is 8.42 Å². The smallest absolute Gasteiger partial charge is 0.243 e. The molecule has 0 aliphatic heterocycles. The Balaban J connectivity index is 2.17. The molecule has 2 atom stereocenters. The van der Waals surface area contributed by atoms with Gasteiger partial charge in [0, 0.05) is 31.7 Å². The second-order valence-corrected chi connectivity index (χ2v) is 9.78. The largest absolute Gasteiger partial charge is 0.390 e. The van der Waals surface area contributed by atoms with Crippen molar-refractivity contribution >= 4 is 21.6 Å². The van der Waals surface area contributed by atoms with Gasteiger partial charge in [-0.05, 0) is 42.2 Å². The van der Waals surface area contributed by atoms with E-state index in [9.17, 15) is 18.3 Å². The number of nitrogens with one attached hydrogen (secondary N) is 1. The molecule has 0 spiro atoms. The minimum absolute atomic E-state index is 0.0657. The molecule has 0 aliphatic carbocycles. The van der Waals surface area contributed by atoms with Crippen LogP contribution in [0.2, 0.25) is 0 Å². The number of benzene rings is 2. The van der Waals surface area contributed by atoms with E-state index in [2.05, 4.69) is 5.32 Å². The molecule has 0 aromatic heterocycles. The second kappa shape index (κ2) is 10.7. The molecule has 0 heterocycles. The molecule has 7 nitrogen and oxygen atoms in total. The fraction of sp³-hybridized carbons (Fsp3) is 0.409. The van der Waals surface area contributed by atoms with E-state index in [1.807, 2.05) is 44.2 Å². The van der Waals surface area contributed by atoms with Gasteiger partial charge in [-0.3, -0.25) is 4.79 Å². The van der Waals surface area contributed by atoms with Crippen LogP contribution in [0.25, 0.3) is 0 Å². The Morgan fingerprint density at radius 3 is 2.20 bits per heavy atom. The van der Waals surface area contributed by atoms with Crippen LogP contribution in [0.15, 0.2) is 59.5 Å². The summed E-state index contributed by atoms with van der Waals surface area (Å²) in [4.78, 5) is 11.3. The number of aliphatic hydroxyl groups excluding tert-OH is 1. The molecule has 0 unspecified atom stereocenters. The van der Waals surface area contributed by atoms with Crippen molar-refractivity contribution in [3.05, 3.63) is 60.2 Å². The fourth-order valence-corrected chi connectivity index (χ4v) is 4.73. The summed E-state index contributed by atoms with van der Waals surface area (Å²) < 4.78 is 27.7. The van der Waals surface area contributed by atoms with Gasteiger partial charge in [0.2, 0.25) is 15.9 Å². The topological polar surface area (TPSA) is 113 Å². The first kappa shape index (κ1) is 24.0. The summed E-state index contributed by atoms with van der Waals surface area (Å²) in [5.41, 5.74) is 7.66. The molecular weight excluding hydrogens is 402 g/mol. The Morgan fingerprint density at radius 1 is 1.07 bits per heavy atom. The lowest BCUT2D eigenvalue weighted by Crippen LogP contribution is -2.47. The number of aliphatic hydroxyl groups is 1. The summed E-state index contributed by atoms with van der Waals surface area (Å²) in [6, 6.07) is 14.9. The van der Waals surface area contributed by atoms with Crippen LogP contribution in [-0.2, 0) is 21.2 Å². The van der Waals surface area contributed by atoms with Gasteiger partial charge in [-0.1, -0.05) is 44.2 Å². The molecule has 0 saturated carbocycles. The van der Waals surface area contributed by atoms with E-state index in [0.717, 1.165) is 5.56 Å². The van der Waals surface area contributed by atoms with Crippen molar-refractivity contribution in [3.8, 4) is 0 Å². The van der Waals surface area contributed by atoms with E-state index < -0.39 is 22.2 Å². The van der Waals surface area contributed by atoms with Crippen LogP contribution >= 0.6 is 0 Å². The highest BCUT2D eigenvalue weighted by Gasteiger charge is 2.29. The van der Waals surface area contributed by atoms with Crippen molar-refractivity contribution in [2.45, 2.75) is 44.2 Å². The molecule has 2 rings (SSSR count). The molecule has 0 radical (unpaired) electrons. The summed E-state index contributed by atoms with van der Waals surface area (Å²) >= 11 is 0. The van der Waals surface area contributed by atoms with Gasteiger partial charge in [-0.15, -0.1) is 0 Å². The zero-order chi connectivity index (χ0) is 22.3. The Hall–Kier alpha value is -2.26. The van der Waals surface area contributed by atoms with E-state index in [1.54, 1.807) is 12.1 Å². The molecule has 0 saturated heterocycles. The number of anilines is 1. The van der Waals surface area contributed by atoms with Gasteiger partial charge in [0.15, 0.2) is 0 Å². The number of sulfonamides is 1. The van der Waals surface area contributed by atoms with E-state index in [-0.39, 0.29) is 29.8 Å². The number of carbonyl (C=O) groups excluding carboxylic acids is 1. The summed E-state index contributed by atoms with van der Waals surface area (Å²) in [7, 11) is -3.84. The molecule has 1 amide bonds. The highest BCUT2D eigenvalue weighted by atomic mass is 32.2. The normalized spacial score (nSPS) is 14.0. The average molecular weight is 434 g/mol. The first-order chi connectivity index (χ1) is 14.1. The molecule has 30 heavy (non-hydrogen) atoms. The Kier molecular flexibility index (Phi) is 8.54. The highest BCUT2D eigenvalue weighted by molar-refractivity contribution is 7.89. The summed E-state index contributed by atoms with van der Waals surface area (Å²) in [6.45, 7) is 5.37. The van der Waals surface area contributed by atoms with Crippen molar-refractivity contribution in [3.63, 3.8) is 0 Å². The molecule has 0 bridgehead atoms. The Morgan fingerprint density at radius 2 is 1.67 bits per heavy atom. The van der Waals surface area contributed by atoms with Crippen molar-refractivity contribution in [2.24, 2.45) is 11.7 Å². The zero-order valence-electron chi connectivity index (χ0n) is 17.7. The minimum Gasteiger partial charge on any atom is -0.390 e. The summed E-state index contributed by atoms with van der Waals surface area (Å²) in [5, 5.41) is 13.2. The first-order valence-electron chi connectivity index (χ1n) is 9.95. The lowest BCUT2D eigenvalue weighted by Gasteiger charge is -2.28. The van der Waals surface area contributed by atoms with Crippen LogP contribution in [0.1, 0.15) is 26.3 Å². The second-order valence-electron chi connectivity index (χ2n) is 7.84. The molecule has 164 valence electrons. The minimum atomic E-state index is -3.84. The first-order valence-corrected chi connectivity index (χ1v) is 11.4. The van der Waals surface area contributed by atoms with Gasteiger partial charge in [0.1, 0.15) is 0 Å². The van der Waals surface area contributed by atoms with Crippen LogP contribution in [-0.4, -0.2) is 49.0 Å². The van der Waals surface area contributed by atoms with Crippen molar-refractivity contribution in [2.75, 3.05) is 18.4 Å². The highest BCUT2D eigenvalue weighted by Crippen LogP contribution is 2.20. The van der Waals surface area contributed by atoms with Crippen LogP contribution in [0, 0.1) is 5.92 Å². The van der Waals surface area contributed by atoms with Crippen LogP contribution in [0.5, 0.6) is 0 Å². The number of carbonyl (C=O) groups is 1. The lowest BCUT2D eigenvalue weighted by atomic mass is 10.0. The third kappa shape index (κ3) is 6.91. The number of rotatable bonds is 10. The third-order valence-electron chi connectivity index (χ3n) is 4.58. The standard InChI is InChI=1S/C22H31N3O4S/c1-16(2)14-25(15-22(27)21(23)13-18-7-5-4-6-8-18)30(28,29)20-11-9-19(10-12-20)24-17(3)26/h4-12,16,21-22,27H,13-15,23H2,1-3H3,(H,24,26)/t21-,22+/m0/s1. The molecule has 4 N–H and O–H groups in total. The summed E-state index contributed by atoms with van der Waals surface area (Å²) in [5.74, 6) is -0.168. The molecular formula is C22H31N3O4S. The zero-order valence-corrected chi connectivity index (χ0v) is 18.5. The summed E-state index contributed by atoms with van der Waals surface area (Å²) in [6.07, 6.45) is -0.569. The Labute approximate surface area is 179 Å².